The zero-order valence-electron chi connectivity index (χ0n) is 14.5. The molecule has 2 aromatic rings. The van der Waals surface area contributed by atoms with Gasteiger partial charge in [-0.05, 0) is 36.1 Å². The highest BCUT2D eigenvalue weighted by molar-refractivity contribution is 7.91. The van der Waals surface area contributed by atoms with Gasteiger partial charge in [-0.2, -0.15) is 4.31 Å². The average Bonchev–Trinajstić information content (AvgIpc) is 3.02. The standard InChI is InChI=1S/C18H22N2O3S2/c1-12(2)14-5-7-15(8-6-14)17-18(21)19-10-11-20(17)25(22,23)16-9-4-13(3)24-16/h4-9,12,17H,10-11H2,1-3H3,(H,19,21). The summed E-state index contributed by atoms with van der Waals surface area (Å²) < 4.78 is 27.7. The van der Waals surface area contributed by atoms with Crippen LogP contribution in [0.1, 0.15) is 41.8 Å². The zero-order valence-corrected chi connectivity index (χ0v) is 16.2. The van der Waals surface area contributed by atoms with Crippen molar-refractivity contribution in [3.05, 3.63) is 52.4 Å². The molecule has 1 N–H and O–H groups in total. The Labute approximate surface area is 152 Å². The van der Waals surface area contributed by atoms with Crippen molar-refractivity contribution in [2.24, 2.45) is 0 Å². The van der Waals surface area contributed by atoms with Gasteiger partial charge < -0.3 is 5.32 Å². The van der Waals surface area contributed by atoms with Gasteiger partial charge in [-0.25, -0.2) is 8.42 Å². The Hall–Kier alpha value is -1.70. The quantitative estimate of drug-likeness (QED) is 0.889. The molecule has 1 aliphatic rings. The van der Waals surface area contributed by atoms with Gasteiger partial charge >= 0.3 is 0 Å². The molecule has 2 heterocycles. The number of hydrogen-bond donors (Lipinski definition) is 1. The van der Waals surface area contributed by atoms with Crippen LogP contribution in [0.4, 0.5) is 0 Å². The van der Waals surface area contributed by atoms with E-state index in [0.29, 0.717) is 18.0 Å². The number of carbonyl (C=O) groups is 1. The minimum Gasteiger partial charge on any atom is -0.353 e. The van der Waals surface area contributed by atoms with Gasteiger partial charge in [-0.3, -0.25) is 4.79 Å². The fourth-order valence-corrected chi connectivity index (χ4v) is 5.94. The summed E-state index contributed by atoms with van der Waals surface area (Å²) in [5.74, 6) is 0.101. The number of sulfonamides is 1. The van der Waals surface area contributed by atoms with Gasteiger partial charge in [0.25, 0.3) is 10.0 Å². The first-order valence-electron chi connectivity index (χ1n) is 8.26. The summed E-state index contributed by atoms with van der Waals surface area (Å²) in [7, 11) is -3.71. The van der Waals surface area contributed by atoms with E-state index in [1.807, 2.05) is 31.2 Å². The molecule has 3 rings (SSSR count). The summed E-state index contributed by atoms with van der Waals surface area (Å²) in [5.41, 5.74) is 1.85. The normalized spacial score (nSPS) is 19.2. The van der Waals surface area contributed by atoms with Crippen molar-refractivity contribution in [2.45, 2.75) is 36.9 Å². The van der Waals surface area contributed by atoms with Crippen molar-refractivity contribution in [1.29, 1.82) is 0 Å². The molecule has 0 aliphatic carbocycles. The van der Waals surface area contributed by atoms with E-state index < -0.39 is 16.1 Å². The number of hydrogen-bond acceptors (Lipinski definition) is 4. The fraction of sp³-hybridized carbons (Fsp3) is 0.389. The first kappa shape index (κ1) is 18.1. The minimum atomic E-state index is -3.71. The molecule has 25 heavy (non-hydrogen) atoms. The number of aryl methyl sites for hydroxylation is 1. The van der Waals surface area contributed by atoms with Crippen LogP contribution < -0.4 is 5.32 Å². The van der Waals surface area contributed by atoms with Gasteiger partial charge in [-0.15, -0.1) is 11.3 Å². The number of rotatable bonds is 4. The molecule has 1 aliphatic heterocycles. The second kappa shape index (κ2) is 6.90. The van der Waals surface area contributed by atoms with Crippen LogP contribution in [0.3, 0.4) is 0 Å². The Morgan fingerprint density at radius 1 is 1.16 bits per heavy atom. The van der Waals surface area contributed by atoms with Gasteiger partial charge in [0.05, 0.1) is 0 Å². The van der Waals surface area contributed by atoms with Crippen molar-refractivity contribution in [3.63, 3.8) is 0 Å². The van der Waals surface area contributed by atoms with Crippen LogP contribution in [-0.4, -0.2) is 31.7 Å². The van der Waals surface area contributed by atoms with Crippen LogP contribution in [0.15, 0.2) is 40.6 Å². The highest BCUT2D eigenvalue weighted by atomic mass is 32.2. The van der Waals surface area contributed by atoms with Crippen LogP contribution in [-0.2, 0) is 14.8 Å². The molecule has 0 saturated carbocycles. The van der Waals surface area contributed by atoms with E-state index in [-0.39, 0.29) is 16.7 Å². The lowest BCUT2D eigenvalue weighted by Gasteiger charge is -2.34. The van der Waals surface area contributed by atoms with Crippen molar-refractivity contribution < 1.29 is 13.2 Å². The summed E-state index contributed by atoms with van der Waals surface area (Å²) in [6.45, 7) is 6.65. The Kier molecular flexibility index (Phi) is 4.99. The lowest BCUT2D eigenvalue weighted by atomic mass is 9.98. The van der Waals surface area contributed by atoms with Crippen molar-refractivity contribution in [1.82, 2.24) is 9.62 Å². The van der Waals surface area contributed by atoms with Crippen molar-refractivity contribution in [2.75, 3.05) is 13.1 Å². The Morgan fingerprint density at radius 2 is 1.84 bits per heavy atom. The molecule has 7 heteroatoms. The summed E-state index contributed by atoms with van der Waals surface area (Å²) in [4.78, 5) is 13.4. The fourth-order valence-electron chi connectivity index (χ4n) is 2.95. The van der Waals surface area contributed by atoms with Crippen LogP contribution >= 0.6 is 11.3 Å². The van der Waals surface area contributed by atoms with E-state index in [0.717, 1.165) is 10.4 Å². The molecule has 1 saturated heterocycles. The second-order valence-electron chi connectivity index (χ2n) is 6.50. The zero-order chi connectivity index (χ0) is 18.2. The third-order valence-corrected chi connectivity index (χ3v) is 7.70. The predicted molar refractivity (Wildman–Crippen MR) is 99.2 cm³/mol. The van der Waals surface area contributed by atoms with Crippen molar-refractivity contribution >= 4 is 27.3 Å². The predicted octanol–water partition coefficient (Wildman–Crippen LogP) is 3.04. The van der Waals surface area contributed by atoms with E-state index >= 15 is 0 Å². The first-order chi connectivity index (χ1) is 11.8. The van der Waals surface area contributed by atoms with Crippen molar-refractivity contribution in [3.8, 4) is 0 Å². The van der Waals surface area contributed by atoms with E-state index in [1.165, 1.54) is 15.6 Å². The van der Waals surface area contributed by atoms with Gasteiger partial charge in [0.15, 0.2) is 0 Å². The number of thiophene rings is 1. The smallest absolute Gasteiger partial charge is 0.253 e. The van der Waals surface area contributed by atoms with Gasteiger partial charge in [0, 0.05) is 18.0 Å². The Morgan fingerprint density at radius 3 is 2.40 bits per heavy atom. The molecule has 0 bridgehead atoms. The van der Waals surface area contributed by atoms with E-state index in [9.17, 15) is 13.2 Å². The highest BCUT2D eigenvalue weighted by Crippen LogP contribution is 2.33. The maximum absolute atomic E-state index is 13.1. The topological polar surface area (TPSA) is 66.5 Å². The molecule has 5 nitrogen and oxygen atoms in total. The summed E-state index contributed by atoms with van der Waals surface area (Å²) >= 11 is 1.23. The van der Waals surface area contributed by atoms with E-state index in [4.69, 9.17) is 0 Å². The largest absolute Gasteiger partial charge is 0.353 e. The number of nitrogens with zero attached hydrogens (tertiary/aromatic N) is 1. The monoisotopic (exact) mass is 378 g/mol. The van der Waals surface area contributed by atoms with E-state index in [1.54, 1.807) is 12.1 Å². The third kappa shape index (κ3) is 3.49. The number of amides is 1. The minimum absolute atomic E-state index is 0.265. The molecule has 1 unspecified atom stereocenters. The molecule has 1 aromatic heterocycles. The molecule has 0 radical (unpaired) electrons. The SMILES string of the molecule is Cc1ccc(S(=O)(=O)N2CCNC(=O)C2c2ccc(C(C)C)cc2)s1. The molecule has 1 amide bonds. The molecule has 1 fully saturated rings. The first-order valence-corrected chi connectivity index (χ1v) is 10.5. The number of benzene rings is 1. The Balaban J connectivity index is 2.00. The summed E-state index contributed by atoms with van der Waals surface area (Å²) in [6, 6.07) is 10.2. The lowest BCUT2D eigenvalue weighted by Crippen LogP contribution is -2.51. The van der Waals surface area contributed by atoms with Crippen LogP contribution in [0, 0.1) is 6.92 Å². The molecule has 0 spiro atoms. The van der Waals surface area contributed by atoms with Gasteiger partial charge in [-0.1, -0.05) is 38.1 Å². The maximum atomic E-state index is 13.1. The third-order valence-electron chi connectivity index (χ3n) is 4.37. The highest BCUT2D eigenvalue weighted by Gasteiger charge is 2.40. The van der Waals surface area contributed by atoms with Crippen LogP contribution in [0.25, 0.3) is 0 Å². The second-order valence-corrected chi connectivity index (χ2v) is 9.90. The van der Waals surface area contributed by atoms with E-state index in [2.05, 4.69) is 19.2 Å². The van der Waals surface area contributed by atoms with Gasteiger partial charge in [0.1, 0.15) is 10.3 Å². The molecular weight excluding hydrogens is 356 g/mol. The lowest BCUT2D eigenvalue weighted by molar-refractivity contribution is -0.126. The molecule has 1 atom stereocenters. The average molecular weight is 379 g/mol. The number of carbonyl (C=O) groups excluding carboxylic acids is 1. The summed E-state index contributed by atoms with van der Waals surface area (Å²) in [5, 5.41) is 2.79. The molecular formula is C18H22N2O3S2. The van der Waals surface area contributed by atoms with Crippen LogP contribution in [0.5, 0.6) is 0 Å². The van der Waals surface area contributed by atoms with Gasteiger partial charge in [0.2, 0.25) is 5.91 Å². The molecule has 134 valence electrons. The van der Waals surface area contributed by atoms with Crippen LogP contribution in [0.2, 0.25) is 0 Å². The number of piperazine rings is 1. The number of nitrogens with one attached hydrogen (secondary N) is 1. The maximum Gasteiger partial charge on any atom is 0.253 e. The summed E-state index contributed by atoms with van der Waals surface area (Å²) in [6.07, 6.45) is 0. The molecule has 1 aromatic carbocycles. The Bertz CT molecular complexity index is 870.